The van der Waals surface area contributed by atoms with Gasteiger partial charge in [-0.25, -0.2) is 5.01 Å². The fourth-order valence-corrected chi connectivity index (χ4v) is 1.74. The zero-order valence-corrected chi connectivity index (χ0v) is 8.64. The Hall–Kier alpha value is -1.68. The highest BCUT2D eigenvalue weighted by Gasteiger charge is 2.47. The van der Waals surface area contributed by atoms with Crippen molar-refractivity contribution in [1.82, 2.24) is 5.01 Å². The largest absolute Gasteiger partial charge is 0.371 e. The lowest BCUT2D eigenvalue weighted by Gasteiger charge is -2.21. The molecule has 1 aliphatic rings. The molecule has 0 fully saturated rings. The van der Waals surface area contributed by atoms with Crippen LogP contribution in [0.25, 0.3) is 0 Å². The van der Waals surface area contributed by atoms with Gasteiger partial charge in [-0.2, -0.15) is 5.10 Å². The molecule has 0 aromatic heterocycles. The molecule has 0 saturated heterocycles. The van der Waals surface area contributed by atoms with Gasteiger partial charge in [0.25, 0.3) is 5.91 Å². The van der Waals surface area contributed by atoms with Gasteiger partial charge in [-0.1, -0.05) is 30.3 Å². The van der Waals surface area contributed by atoms with E-state index in [1.54, 1.807) is 31.2 Å². The van der Waals surface area contributed by atoms with Crippen LogP contribution < -0.4 is 0 Å². The summed E-state index contributed by atoms with van der Waals surface area (Å²) in [6, 6.07) is 8.84. The minimum Gasteiger partial charge on any atom is -0.371 e. The minimum absolute atomic E-state index is 0.404. The first-order valence-electron chi connectivity index (χ1n) is 4.68. The van der Waals surface area contributed by atoms with Gasteiger partial charge < -0.3 is 5.11 Å². The van der Waals surface area contributed by atoms with E-state index < -0.39 is 11.5 Å². The summed E-state index contributed by atoms with van der Waals surface area (Å²) in [6.07, 6.45) is 0. The first kappa shape index (κ1) is 9.86. The maximum absolute atomic E-state index is 11.8. The Morgan fingerprint density at radius 1 is 1.33 bits per heavy atom. The van der Waals surface area contributed by atoms with Crippen molar-refractivity contribution < 1.29 is 9.90 Å². The fourth-order valence-electron chi connectivity index (χ4n) is 1.74. The van der Waals surface area contributed by atoms with Crippen molar-refractivity contribution >= 4 is 11.6 Å². The molecule has 1 unspecified atom stereocenters. The number of hydrazone groups is 1. The van der Waals surface area contributed by atoms with Crippen LogP contribution in [0.4, 0.5) is 0 Å². The van der Waals surface area contributed by atoms with Crippen LogP contribution in [0.15, 0.2) is 35.4 Å². The SMILES string of the molecule is CC1=NN(C)C(=O)C1(O)c1ccccc1. The summed E-state index contributed by atoms with van der Waals surface area (Å²) >= 11 is 0. The van der Waals surface area contributed by atoms with Crippen LogP contribution in [0.1, 0.15) is 12.5 Å². The molecule has 1 aliphatic heterocycles. The van der Waals surface area contributed by atoms with Gasteiger partial charge in [-0.05, 0) is 12.5 Å². The number of hydrogen-bond donors (Lipinski definition) is 1. The molecular formula is C11H12N2O2. The Morgan fingerprint density at radius 2 is 1.93 bits per heavy atom. The summed E-state index contributed by atoms with van der Waals surface area (Å²) in [5, 5.41) is 15.5. The molecule has 4 nitrogen and oxygen atoms in total. The quantitative estimate of drug-likeness (QED) is 0.733. The van der Waals surface area contributed by atoms with Gasteiger partial charge in [0.1, 0.15) is 0 Å². The number of amides is 1. The lowest BCUT2D eigenvalue weighted by atomic mass is 9.89. The number of carbonyl (C=O) groups excluding carboxylic acids is 1. The normalized spacial score (nSPS) is 25.7. The smallest absolute Gasteiger partial charge is 0.285 e. The van der Waals surface area contributed by atoms with Gasteiger partial charge in [0.2, 0.25) is 5.60 Å². The molecule has 1 N–H and O–H groups in total. The second-order valence-corrected chi connectivity index (χ2v) is 3.59. The topological polar surface area (TPSA) is 52.9 Å². The standard InChI is InChI=1S/C11H12N2O2/c1-8-11(15,10(14)13(2)12-8)9-6-4-3-5-7-9/h3-7,15H,1-2H3. The molecule has 15 heavy (non-hydrogen) atoms. The Bertz CT molecular complexity index is 427. The lowest BCUT2D eigenvalue weighted by Crippen LogP contribution is -2.41. The van der Waals surface area contributed by atoms with E-state index in [-0.39, 0.29) is 0 Å². The summed E-state index contributed by atoms with van der Waals surface area (Å²) in [4.78, 5) is 11.8. The molecule has 1 atom stereocenters. The van der Waals surface area contributed by atoms with Crippen LogP contribution in [0.5, 0.6) is 0 Å². The Kier molecular flexibility index (Phi) is 2.08. The van der Waals surface area contributed by atoms with E-state index in [1.807, 2.05) is 6.07 Å². The number of likely N-dealkylation sites (N-methyl/N-ethyl adjacent to an activating group) is 1. The highest BCUT2D eigenvalue weighted by Crippen LogP contribution is 2.29. The highest BCUT2D eigenvalue weighted by atomic mass is 16.3. The number of rotatable bonds is 1. The number of nitrogens with zero attached hydrogens (tertiary/aromatic N) is 2. The predicted octanol–water partition coefficient (Wildman–Crippen LogP) is 0.722. The van der Waals surface area contributed by atoms with Crippen molar-refractivity contribution in [2.75, 3.05) is 7.05 Å². The van der Waals surface area contributed by atoms with E-state index in [9.17, 15) is 9.90 Å². The van der Waals surface area contributed by atoms with Crippen LogP contribution >= 0.6 is 0 Å². The van der Waals surface area contributed by atoms with E-state index in [1.165, 1.54) is 12.1 Å². The molecule has 0 radical (unpaired) electrons. The number of aliphatic hydroxyl groups is 1. The minimum atomic E-state index is -1.59. The Morgan fingerprint density at radius 3 is 2.40 bits per heavy atom. The molecule has 1 aromatic carbocycles. The van der Waals surface area contributed by atoms with Gasteiger partial charge >= 0.3 is 0 Å². The average molecular weight is 204 g/mol. The lowest BCUT2D eigenvalue weighted by molar-refractivity contribution is -0.141. The van der Waals surface area contributed by atoms with Crippen LogP contribution in [-0.4, -0.2) is 28.8 Å². The van der Waals surface area contributed by atoms with E-state index in [0.29, 0.717) is 11.3 Å². The molecule has 0 spiro atoms. The molecule has 4 heteroatoms. The second-order valence-electron chi connectivity index (χ2n) is 3.59. The van der Waals surface area contributed by atoms with Crippen molar-refractivity contribution in [1.29, 1.82) is 0 Å². The Balaban J connectivity index is 2.53. The summed E-state index contributed by atoms with van der Waals surface area (Å²) in [5.41, 5.74) is -0.627. The zero-order chi connectivity index (χ0) is 11.1. The van der Waals surface area contributed by atoms with Crippen molar-refractivity contribution in [3.8, 4) is 0 Å². The van der Waals surface area contributed by atoms with E-state index >= 15 is 0 Å². The van der Waals surface area contributed by atoms with Crippen molar-refractivity contribution in [3.05, 3.63) is 35.9 Å². The monoisotopic (exact) mass is 204 g/mol. The third-order valence-corrected chi connectivity index (χ3v) is 2.62. The van der Waals surface area contributed by atoms with Crippen LogP contribution in [0.3, 0.4) is 0 Å². The molecule has 1 heterocycles. The van der Waals surface area contributed by atoms with Crippen molar-refractivity contribution in [2.24, 2.45) is 5.10 Å². The molecule has 0 bridgehead atoms. The maximum Gasteiger partial charge on any atom is 0.285 e. The predicted molar refractivity (Wildman–Crippen MR) is 56.2 cm³/mol. The fraction of sp³-hybridized carbons (Fsp3) is 0.273. The van der Waals surface area contributed by atoms with E-state index in [4.69, 9.17) is 0 Å². The van der Waals surface area contributed by atoms with E-state index in [0.717, 1.165) is 0 Å². The molecular weight excluding hydrogens is 192 g/mol. The highest BCUT2D eigenvalue weighted by molar-refractivity contribution is 6.14. The van der Waals surface area contributed by atoms with E-state index in [2.05, 4.69) is 5.10 Å². The van der Waals surface area contributed by atoms with Crippen LogP contribution in [0.2, 0.25) is 0 Å². The van der Waals surface area contributed by atoms with Gasteiger partial charge in [-0.15, -0.1) is 0 Å². The molecule has 1 aromatic rings. The third-order valence-electron chi connectivity index (χ3n) is 2.62. The molecule has 1 amide bonds. The number of hydrogen-bond acceptors (Lipinski definition) is 3. The van der Waals surface area contributed by atoms with Gasteiger partial charge in [-0.3, -0.25) is 4.79 Å². The molecule has 2 rings (SSSR count). The average Bonchev–Trinajstić information content (AvgIpc) is 2.45. The number of carbonyl (C=O) groups is 1. The maximum atomic E-state index is 11.8. The first-order valence-corrected chi connectivity index (χ1v) is 4.68. The number of benzene rings is 1. The summed E-state index contributed by atoms with van der Waals surface area (Å²) in [5.74, 6) is -0.411. The van der Waals surface area contributed by atoms with Crippen molar-refractivity contribution in [2.45, 2.75) is 12.5 Å². The van der Waals surface area contributed by atoms with Gasteiger partial charge in [0, 0.05) is 7.05 Å². The second kappa shape index (κ2) is 3.17. The first-order chi connectivity index (χ1) is 7.06. The van der Waals surface area contributed by atoms with Gasteiger partial charge in [0.15, 0.2) is 0 Å². The Labute approximate surface area is 87.8 Å². The van der Waals surface area contributed by atoms with Crippen molar-refractivity contribution in [3.63, 3.8) is 0 Å². The summed E-state index contributed by atoms with van der Waals surface area (Å²) in [6.45, 7) is 1.65. The summed E-state index contributed by atoms with van der Waals surface area (Å²) < 4.78 is 0. The summed E-state index contributed by atoms with van der Waals surface area (Å²) in [7, 11) is 1.53. The van der Waals surface area contributed by atoms with Crippen LogP contribution in [-0.2, 0) is 10.4 Å². The van der Waals surface area contributed by atoms with Gasteiger partial charge in [0.05, 0.1) is 5.71 Å². The molecule has 0 saturated carbocycles. The molecule has 78 valence electrons. The van der Waals surface area contributed by atoms with Crippen LogP contribution in [0, 0.1) is 0 Å². The third kappa shape index (κ3) is 1.26. The zero-order valence-electron chi connectivity index (χ0n) is 8.64. The molecule has 0 aliphatic carbocycles.